The average molecular weight is 288 g/mol. The minimum atomic E-state index is 0.297. The Morgan fingerprint density at radius 2 is 1.78 bits per heavy atom. The van der Waals surface area contributed by atoms with Crippen LogP contribution in [0.4, 0.5) is 0 Å². The Kier molecular flexibility index (Phi) is 7.06. The van der Waals surface area contributed by atoms with Gasteiger partial charge in [0.1, 0.15) is 0 Å². The van der Waals surface area contributed by atoms with Crippen molar-refractivity contribution in [3.63, 3.8) is 0 Å². The van der Waals surface area contributed by atoms with Crippen LogP contribution in [-0.4, -0.2) is 6.54 Å². The van der Waals surface area contributed by atoms with Crippen LogP contribution in [0, 0.1) is 5.92 Å². The van der Waals surface area contributed by atoms with Crippen LogP contribution in [0.25, 0.3) is 0 Å². The largest absolute Gasteiger partial charge is 0.310 e. The van der Waals surface area contributed by atoms with E-state index >= 15 is 0 Å². The minimum Gasteiger partial charge on any atom is -0.310 e. The van der Waals surface area contributed by atoms with Gasteiger partial charge >= 0.3 is 0 Å². The molecule has 0 aliphatic rings. The Bertz CT molecular complexity index is 362. The summed E-state index contributed by atoms with van der Waals surface area (Å²) in [5.41, 5.74) is 1.12. The van der Waals surface area contributed by atoms with Crippen molar-refractivity contribution in [2.75, 3.05) is 6.54 Å². The van der Waals surface area contributed by atoms with Crippen LogP contribution in [0.3, 0.4) is 0 Å². The first-order chi connectivity index (χ1) is 8.63. The molecule has 0 radical (unpaired) electrons. The molecule has 1 aromatic rings. The van der Waals surface area contributed by atoms with Crippen molar-refractivity contribution in [3.8, 4) is 0 Å². The molecule has 0 aromatic heterocycles. The van der Waals surface area contributed by atoms with Gasteiger partial charge in [0, 0.05) is 6.04 Å². The van der Waals surface area contributed by atoms with E-state index in [9.17, 15) is 0 Å². The maximum absolute atomic E-state index is 6.32. The summed E-state index contributed by atoms with van der Waals surface area (Å²) >= 11 is 12.4. The molecule has 1 aromatic carbocycles. The summed E-state index contributed by atoms with van der Waals surface area (Å²) in [5, 5.41) is 4.85. The standard InChI is InChI=1S/C15H23Cl2N/c1-4-11(5-2)10-14(18-6-3)12-8-7-9-13(16)15(12)17/h7-9,11,14,18H,4-6,10H2,1-3H3. The van der Waals surface area contributed by atoms with Gasteiger partial charge in [-0.25, -0.2) is 0 Å². The molecule has 0 saturated heterocycles. The van der Waals surface area contributed by atoms with Crippen molar-refractivity contribution in [1.29, 1.82) is 0 Å². The molecule has 0 fully saturated rings. The average Bonchev–Trinajstić information content (AvgIpc) is 2.38. The second-order valence-electron chi connectivity index (χ2n) is 4.67. The Morgan fingerprint density at radius 3 is 2.33 bits per heavy atom. The molecule has 1 nitrogen and oxygen atoms in total. The zero-order valence-corrected chi connectivity index (χ0v) is 13.0. The highest BCUT2D eigenvalue weighted by Gasteiger charge is 2.18. The Labute approximate surface area is 121 Å². The lowest BCUT2D eigenvalue weighted by Crippen LogP contribution is -2.23. The number of rotatable bonds is 7. The van der Waals surface area contributed by atoms with Gasteiger partial charge in [0.15, 0.2) is 0 Å². The van der Waals surface area contributed by atoms with Crippen LogP contribution in [-0.2, 0) is 0 Å². The first kappa shape index (κ1) is 15.8. The van der Waals surface area contributed by atoms with Crippen LogP contribution in [0.1, 0.15) is 51.6 Å². The molecular weight excluding hydrogens is 265 g/mol. The first-order valence-corrected chi connectivity index (χ1v) is 7.56. The summed E-state index contributed by atoms with van der Waals surface area (Å²) in [5.74, 6) is 0.726. The normalized spacial score (nSPS) is 13.0. The summed E-state index contributed by atoms with van der Waals surface area (Å²) in [6.45, 7) is 7.56. The highest BCUT2D eigenvalue weighted by atomic mass is 35.5. The monoisotopic (exact) mass is 287 g/mol. The molecule has 102 valence electrons. The number of nitrogens with one attached hydrogen (secondary N) is 1. The Hall–Kier alpha value is -0.240. The molecule has 1 rings (SSSR count). The molecule has 0 saturated carbocycles. The van der Waals surface area contributed by atoms with Gasteiger partial charge in [-0.1, -0.05) is 68.9 Å². The molecule has 0 bridgehead atoms. The second-order valence-corrected chi connectivity index (χ2v) is 5.46. The highest BCUT2D eigenvalue weighted by molar-refractivity contribution is 6.42. The van der Waals surface area contributed by atoms with E-state index in [1.807, 2.05) is 12.1 Å². The lowest BCUT2D eigenvalue weighted by Gasteiger charge is -2.24. The van der Waals surface area contributed by atoms with Gasteiger partial charge in [0.05, 0.1) is 10.0 Å². The minimum absolute atomic E-state index is 0.297. The predicted molar refractivity (Wildman–Crippen MR) is 81.6 cm³/mol. The first-order valence-electron chi connectivity index (χ1n) is 6.81. The van der Waals surface area contributed by atoms with Crippen molar-refractivity contribution < 1.29 is 0 Å². The van der Waals surface area contributed by atoms with Crippen molar-refractivity contribution in [2.45, 2.75) is 46.1 Å². The molecule has 1 N–H and O–H groups in total. The van der Waals surface area contributed by atoms with Gasteiger partial charge in [0.25, 0.3) is 0 Å². The maximum atomic E-state index is 6.32. The van der Waals surface area contributed by atoms with E-state index in [1.54, 1.807) is 0 Å². The van der Waals surface area contributed by atoms with Crippen molar-refractivity contribution in [2.24, 2.45) is 5.92 Å². The molecule has 0 amide bonds. The van der Waals surface area contributed by atoms with E-state index in [0.717, 1.165) is 24.4 Å². The van der Waals surface area contributed by atoms with Gasteiger partial charge in [-0.3, -0.25) is 0 Å². The van der Waals surface area contributed by atoms with Crippen LogP contribution < -0.4 is 5.32 Å². The van der Waals surface area contributed by atoms with Crippen molar-refractivity contribution in [3.05, 3.63) is 33.8 Å². The zero-order valence-electron chi connectivity index (χ0n) is 11.5. The molecule has 0 heterocycles. The molecule has 0 spiro atoms. The summed E-state index contributed by atoms with van der Waals surface area (Å²) in [7, 11) is 0. The van der Waals surface area contributed by atoms with E-state index in [0.29, 0.717) is 16.1 Å². The fraction of sp³-hybridized carbons (Fsp3) is 0.600. The quantitative estimate of drug-likeness (QED) is 0.701. The van der Waals surface area contributed by atoms with Crippen molar-refractivity contribution in [1.82, 2.24) is 5.32 Å². The fourth-order valence-corrected chi connectivity index (χ4v) is 2.75. The maximum Gasteiger partial charge on any atom is 0.0640 e. The topological polar surface area (TPSA) is 12.0 Å². The van der Waals surface area contributed by atoms with E-state index in [1.165, 1.54) is 12.8 Å². The number of benzene rings is 1. The molecule has 0 aliphatic carbocycles. The summed E-state index contributed by atoms with van der Waals surface area (Å²) in [6.07, 6.45) is 3.52. The van der Waals surface area contributed by atoms with Crippen molar-refractivity contribution >= 4 is 23.2 Å². The van der Waals surface area contributed by atoms with Crippen LogP contribution in [0.2, 0.25) is 10.0 Å². The van der Waals surface area contributed by atoms with E-state index in [-0.39, 0.29) is 0 Å². The third kappa shape index (κ3) is 4.15. The van der Waals surface area contributed by atoms with Gasteiger partial charge in [-0.15, -0.1) is 0 Å². The Morgan fingerprint density at radius 1 is 1.11 bits per heavy atom. The predicted octanol–water partition coefficient (Wildman–Crippen LogP) is 5.47. The van der Waals surface area contributed by atoms with Crippen LogP contribution >= 0.6 is 23.2 Å². The molecule has 1 unspecified atom stereocenters. The number of hydrogen-bond acceptors (Lipinski definition) is 1. The lowest BCUT2D eigenvalue weighted by molar-refractivity contribution is 0.375. The van der Waals surface area contributed by atoms with E-state index in [2.05, 4.69) is 32.2 Å². The summed E-state index contributed by atoms with van der Waals surface area (Å²) in [6, 6.07) is 6.18. The zero-order chi connectivity index (χ0) is 13.5. The molecule has 3 heteroatoms. The fourth-order valence-electron chi connectivity index (χ4n) is 2.31. The third-order valence-electron chi connectivity index (χ3n) is 3.53. The summed E-state index contributed by atoms with van der Waals surface area (Å²) < 4.78 is 0. The molecule has 18 heavy (non-hydrogen) atoms. The van der Waals surface area contributed by atoms with E-state index < -0.39 is 0 Å². The van der Waals surface area contributed by atoms with Gasteiger partial charge < -0.3 is 5.32 Å². The second kappa shape index (κ2) is 8.04. The number of hydrogen-bond donors (Lipinski definition) is 1. The molecular formula is C15H23Cl2N. The van der Waals surface area contributed by atoms with Crippen LogP contribution in [0.15, 0.2) is 18.2 Å². The molecule has 0 aliphatic heterocycles. The van der Waals surface area contributed by atoms with Gasteiger partial charge in [0.2, 0.25) is 0 Å². The lowest BCUT2D eigenvalue weighted by atomic mass is 9.91. The van der Waals surface area contributed by atoms with Crippen LogP contribution in [0.5, 0.6) is 0 Å². The Balaban J connectivity index is 2.93. The number of halogens is 2. The summed E-state index contributed by atoms with van der Waals surface area (Å²) in [4.78, 5) is 0. The van der Waals surface area contributed by atoms with E-state index in [4.69, 9.17) is 23.2 Å². The third-order valence-corrected chi connectivity index (χ3v) is 4.36. The van der Waals surface area contributed by atoms with Gasteiger partial charge in [-0.2, -0.15) is 0 Å². The smallest absolute Gasteiger partial charge is 0.0640 e. The van der Waals surface area contributed by atoms with Gasteiger partial charge in [-0.05, 0) is 30.5 Å². The molecule has 1 atom stereocenters. The SMILES string of the molecule is CCNC(CC(CC)CC)c1cccc(Cl)c1Cl. The highest BCUT2D eigenvalue weighted by Crippen LogP contribution is 2.33.